The van der Waals surface area contributed by atoms with Gasteiger partial charge in [-0.15, -0.1) is 0 Å². The quantitative estimate of drug-likeness (QED) is 0.749. The predicted octanol–water partition coefficient (Wildman–Crippen LogP) is 1.53. The fourth-order valence-electron chi connectivity index (χ4n) is 1.72. The second kappa shape index (κ2) is 4.21. The van der Waals surface area contributed by atoms with E-state index >= 15 is 0 Å². The van der Waals surface area contributed by atoms with Crippen LogP contribution in [0.5, 0.6) is 5.75 Å². The minimum Gasteiger partial charge on any atom is -0.494 e. The molecule has 0 amide bonds. The smallest absolute Gasteiger partial charge is 0.494 e. The fourth-order valence-corrected chi connectivity index (χ4v) is 1.72. The number of aromatic nitrogens is 1. The van der Waals surface area contributed by atoms with Crippen LogP contribution in [0.2, 0.25) is 0 Å². The molecule has 0 radical (unpaired) electrons. The molecule has 1 aromatic heterocycles. The molecule has 4 nitrogen and oxygen atoms in total. The number of hydrogen-bond donors (Lipinski definition) is 0. The Balaban J connectivity index is 2.35. The van der Waals surface area contributed by atoms with Gasteiger partial charge in [0.1, 0.15) is 5.59 Å². The van der Waals surface area contributed by atoms with Crippen molar-refractivity contribution in [2.75, 3.05) is 7.11 Å². The van der Waals surface area contributed by atoms with Crippen molar-refractivity contribution in [3.05, 3.63) is 18.1 Å². The molecule has 6 heteroatoms. The Morgan fingerprint density at radius 3 is 2.28 bits per heavy atom. The second-order valence-electron chi connectivity index (χ2n) is 5.30. The fraction of sp³-hybridized carbons (Fsp3) is 0.583. The lowest BCUT2D eigenvalue weighted by Crippen LogP contribution is -2.41. The van der Waals surface area contributed by atoms with Gasteiger partial charge in [0.25, 0.3) is 0 Å². The number of methoxy groups -OCH3 is 1. The van der Waals surface area contributed by atoms with Crippen LogP contribution in [-0.2, 0) is 9.31 Å². The van der Waals surface area contributed by atoms with Crippen molar-refractivity contribution < 1.29 is 18.4 Å². The van der Waals surface area contributed by atoms with Crippen LogP contribution >= 0.6 is 0 Å². The normalized spacial score (nSPS) is 21.1. The van der Waals surface area contributed by atoms with Crippen LogP contribution in [0.15, 0.2) is 12.3 Å². The Bertz CT molecular complexity index is 449. The molecule has 0 N–H and O–H groups in total. The molecule has 2 heterocycles. The van der Waals surface area contributed by atoms with E-state index in [9.17, 15) is 4.39 Å². The lowest BCUT2D eigenvalue weighted by Gasteiger charge is -2.32. The summed E-state index contributed by atoms with van der Waals surface area (Å²) in [4.78, 5) is 3.99. The minimum absolute atomic E-state index is 0.119. The Kier molecular flexibility index (Phi) is 3.11. The van der Waals surface area contributed by atoms with Gasteiger partial charge in [-0.2, -0.15) is 0 Å². The van der Waals surface area contributed by atoms with Crippen LogP contribution in [-0.4, -0.2) is 30.4 Å². The summed E-state index contributed by atoms with van der Waals surface area (Å²) in [5.74, 6) is -0.409. The van der Waals surface area contributed by atoms with Crippen molar-refractivity contribution >= 4 is 12.7 Å². The van der Waals surface area contributed by atoms with Gasteiger partial charge in [-0.05, 0) is 27.7 Å². The van der Waals surface area contributed by atoms with Crippen LogP contribution in [0, 0.1) is 5.82 Å². The molecule has 1 saturated heterocycles. The lowest BCUT2D eigenvalue weighted by molar-refractivity contribution is 0.00578. The van der Waals surface area contributed by atoms with Gasteiger partial charge in [0.15, 0.2) is 11.6 Å². The number of rotatable bonds is 2. The second-order valence-corrected chi connectivity index (χ2v) is 5.30. The highest BCUT2D eigenvalue weighted by Gasteiger charge is 2.53. The van der Waals surface area contributed by atoms with Gasteiger partial charge >= 0.3 is 7.12 Å². The third-order valence-electron chi connectivity index (χ3n) is 3.58. The summed E-state index contributed by atoms with van der Waals surface area (Å²) in [5.41, 5.74) is -0.919. The number of ether oxygens (including phenoxy) is 1. The first-order valence-corrected chi connectivity index (χ1v) is 5.82. The third-order valence-corrected chi connectivity index (χ3v) is 3.58. The van der Waals surface area contributed by atoms with Crippen LogP contribution < -0.4 is 10.3 Å². The molecule has 0 unspecified atom stereocenters. The van der Waals surface area contributed by atoms with Gasteiger partial charge in [-0.3, -0.25) is 4.98 Å². The lowest BCUT2D eigenvalue weighted by atomic mass is 9.83. The molecule has 0 bridgehead atoms. The average Bonchev–Trinajstić information content (AvgIpc) is 2.48. The molecule has 0 atom stereocenters. The number of hydrogen-bond acceptors (Lipinski definition) is 4. The molecule has 0 saturated carbocycles. The highest BCUT2D eigenvalue weighted by atomic mass is 19.1. The molecule has 98 valence electrons. The molecular weight excluding hydrogens is 236 g/mol. The van der Waals surface area contributed by atoms with Gasteiger partial charge < -0.3 is 14.0 Å². The molecule has 1 fully saturated rings. The molecular formula is C12H17BFNO3. The van der Waals surface area contributed by atoms with Crippen LogP contribution in [0.1, 0.15) is 27.7 Å². The van der Waals surface area contributed by atoms with E-state index < -0.39 is 24.1 Å². The summed E-state index contributed by atoms with van der Waals surface area (Å²) in [6, 6.07) is 1.46. The summed E-state index contributed by atoms with van der Waals surface area (Å²) in [5, 5.41) is 0. The summed E-state index contributed by atoms with van der Waals surface area (Å²) < 4.78 is 30.5. The Hall–Kier alpha value is -1.14. The maximum absolute atomic E-state index is 14.1. The van der Waals surface area contributed by atoms with Crippen LogP contribution in [0.4, 0.5) is 4.39 Å². The van der Waals surface area contributed by atoms with Crippen molar-refractivity contribution in [2.45, 2.75) is 38.9 Å². The Morgan fingerprint density at radius 2 is 1.78 bits per heavy atom. The highest BCUT2D eigenvalue weighted by molar-refractivity contribution is 6.61. The van der Waals surface area contributed by atoms with Crippen molar-refractivity contribution in [1.82, 2.24) is 4.98 Å². The number of nitrogens with zero attached hydrogens (tertiary/aromatic N) is 1. The summed E-state index contributed by atoms with van der Waals surface area (Å²) in [6.07, 6.45) is 1.47. The average molecular weight is 253 g/mol. The first-order valence-electron chi connectivity index (χ1n) is 5.82. The van der Waals surface area contributed by atoms with Crippen molar-refractivity contribution in [2.24, 2.45) is 0 Å². The zero-order valence-electron chi connectivity index (χ0n) is 11.3. The molecule has 2 rings (SSSR count). The summed E-state index contributed by atoms with van der Waals surface area (Å²) in [6.45, 7) is 7.63. The van der Waals surface area contributed by atoms with E-state index in [0.717, 1.165) is 0 Å². The van der Waals surface area contributed by atoms with E-state index in [4.69, 9.17) is 14.0 Å². The minimum atomic E-state index is -0.815. The molecule has 1 aliphatic heterocycles. The largest absolute Gasteiger partial charge is 0.517 e. The first-order chi connectivity index (χ1) is 8.28. The standard InChI is InChI=1S/C12H17BFNO3/c1-11(2)12(3,4)18-13(17-11)10-9(14)8(16-5)6-7-15-10/h6-7H,1-5H3. The van der Waals surface area contributed by atoms with E-state index in [1.54, 1.807) is 0 Å². The van der Waals surface area contributed by atoms with Gasteiger partial charge in [0.2, 0.25) is 0 Å². The molecule has 0 aromatic carbocycles. The zero-order chi connectivity index (χ0) is 13.6. The van der Waals surface area contributed by atoms with E-state index in [1.165, 1.54) is 19.4 Å². The summed E-state index contributed by atoms with van der Waals surface area (Å²) >= 11 is 0. The van der Waals surface area contributed by atoms with Crippen molar-refractivity contribution in [1.29, 1.82) is 0 Å². The number of halogens is 1. The maximum Gasteiger partial charge on any atom is 0.517 e. The van der Waals surface area contributed by atoms with E-state index in [-0.39, 0.29) is 11.3 Å². The molecule has 0 spiro atoms. The van der Waals surface area contributed by atoms with Gasteiger partial charge in [0.05, 0.1) is 18.3 Å². The van der Waals surface area contributed by atoms with Gasteiger partial charge in [0, 0.05) is 12.3 Å². The van der Waals surface area contributed by atoms with Gasteiger partial charge in [-0.1, -0.05) is 0 Å². The monoisotopic (exact) mass is 253 g/mol. The van der Waals surface area contributed by atoms with Crippen LogP contribution in [0.3, 0.4) is 0 Å². The van der Waals surface area contributed by atoms with Crippen molar-refractivity contribution in [3.63, 3.8) is 0 Å². The number of pyridine rings is 1. The molecule has 1 aromatic rings. The SMILES string of the molecule is COc1ccnc(B2OC(C)(C)C(C)(C)O2)c1F. The third kappa shape index (κ3) is 1.99. The molecule has 18 heavy (non-hydrogen) atoms. The summed E-state index contributed by atoms with van der Waals surface area (Å²) in [7, 11) is 0.594. The first kappa shape index (κ1) is 13.3. The van der Waals surface area contributed by atoms with Crippen molar-refractivity contribution in [3.8, 4) is 5.75 Å². The van der Waals surface area contributed by atoms with Crippen LogP contribution in [0.25, 0.3) is 0 Å². The highest BCUT2D eigenvalue weighted by Crippen LogP contribution is 2.36. The van der Waals surface area contributed by atoms with E-state index in [1.807, 2.05) is 27.7 Å². The predicted molar refractivity (Wildman–Crippen MR) is 66.5 cm³/mol. The molecule has 1 aliphatic rings. The Labute approximate surface area is 107 Å². The van der Waals surface area contributed by atoms with Gasteiger partial charge in [-0.25, -0.2) is 4.39 Å². The van der Waals surface area contributed by atoms with E-state index in [0.29, 0.717) is 0 Å². The topological polar surface area (TPSA) is 40.6 Å². The molecule has 0 aliphatic carbocycles. The zero-order valence-corrected chi connectivity index (χ0v) is 11.3. The Morgan fingerprint density at radius 1 is 1.22 bits per heavy atom. The van der Waals surface area contributed by atoms with E-state index in [2.05, 4.69) is 4.98 Å². The maximum atomic E-state index is 14.1.